The molecule has 0 amide bonds. The molecule has 0 fully saturated rings. The predicted octanol–water partition coefficient (Wildman–Crippen LogP) is 13.1. The summed E-state index contributed by atoms with van der Waals surface area (Å²) in [5.41, 5.74) is 15.5. The first-order valence-corrected chi connectivity index (χ1v) is 27.2. The molecule has 2 radical (unpaired) electrons. The SMILES string of the molecule is CC[Si](c1c(-c2c(C(C)C)cc(C(C)C)cc2C(C)C)cccc1-c1c(C(C)C)cc(C(C)C)cc1C(C)C)([Si](C)C)[Si](C)C. The molecule has 0 aliphatic rings. The molecule has 0 saturated heterocycles. The van der Waals surface area contributed by atoms with Gasteiger partial charge in [-0.15, -0.1) is 0 Å². The van der Waals surface area contributed by atoms with Crippen LogP contribution in [0.5, 0.6) is 0 Å². The van der Waals surface area contributed by atoms with E-state index in [1.165, 1.54) is 17.2 Å². The molecule has 3 rings (SSSR count). The van der Waals surface area contributed by atoms with E-state index in [1.807, 2.05) is 5.19 Å². The largest absolute Gasteiger partial charge is 0.0732 e. The number of rotatable bonds is 12. The lowest BCUT2D eigenvalue weighted by molar-refractivity contribution is 0.807. The standard InChI is InChI=1S/C42H66Si3/c1-18-45(43(14)15,44(16)17)42-34(40-36(28(6)7)22-32(26(2)3)23-37(40)29(8)9)20-19-21-35(42)41-38(30(10)11)24-33(27(4)5)25-39(41)31(12)13/h19-31H,18H2,1-17H3. The molecule has 0 unspecified atom stereocenters. The number of hydrogen-bond donors (Lipinski definition) is 0. The van der Waals surface area contributed by atoms with E-state index in [4.69, 9.17) is 0 Å². The van der Waals surface area contributed by atoms with Crippen molar-refractivity contribution in [1.29, 1.82) is 0 Å². The minimum absolute atomic E-state index is 0.467. The van der Waals surface area contributed by atoms with E-state index in [0.717, 1.165) is 0 Å². The van der Waals surface area contributed by atoms with Gasteiger partial charge in [-0.25, -0.2) is 0 Å². The smallest absolute Gasteiger partial charge is 0.0700 e. The lowest BCUT2D eigenvalue weighted by Crippen LogP contribution is -2.67. The van der Waals surface area contributed by atoms with Gasteiger partial charge in [0, 0.05) is 16.6 Å². The van der Waals surface area contributed by atoms with E-state index in [0.29, 0.717) is 35.5 Å². The molecule has 246 valence electrons. The summed E-state index contributed by atoms with van der Waals surface area (Å²) >= 11 is 0. The van der Waals surface area contributed by atoms with Gasteiger partial charge in [-0.3, -0.25) is 0 Å². The summed E-state index contributed by atoms with van der Waals surface area (Å²) in [6, 6.07) is 19.2. The van der Waals surface area contributed by atoms with Gasteiger partial charge in [0.2, 0.25) is 0 Å². The van der Waals surface area contributed by atoms with Crippen LogP contribution in [0.1, 0.15) is 159 Å². The van der Waals surface area contributed by atoms with Crippen LogP contribution in [-0.4, -0.2) is 23.7 Å². The molecular formula is C42H66Si3. The highest BCUT2D eigenvalue weighted by Crippen LogP contribution is 2.44. The first kappa shape index (κ1) is 37.8. The van der Waals surface area contributed by atoms with Crippen LogP contribution in [-0.2, 0) is 0 Å². The Kier molecular flexibility index (Phi) is 12.6. The van der Waals surface area contributed by atoms with Crippen LogP contribution in [0, 0.1) is 0 Å². The fourth-order valence-electron chi connectivity index (χ4n) is 7.85. The van der Waals surface area contributed by atoms with Crippen molar-refractivity contribution in [1.82, 2.24) is 0 Å². The Morgan fingerprint density at radius 2 is 0.778 bits per heavy atom. The monoisotopic (exact) mass is 654 g/mol. The Balaban J connectivity index is 2.77. The molecule has 3 aromatic carbocycles. The second-order valence-electron chi connectivity index (χ2n) is 16.1. The van der Waals surface area contributed by atoms with Crippen molar-refractivity contribution in [3.63, 3.8) is 0 Å². The highest BCUT2D eigenvalue weighted by atomic mass is 29.6. The highest BCUT2D eigenvalue weighted by Gasteiger charge is 2.45. The fraction of sp³-hybridized carbons (Fsp3) is 0.571. The summed E-state index contributed by atoms with van der Waals surface area (Å²) in [5, 5.41) is 1.81. The van der Waals surface area contributed by atoms with Crippen molar-refractivity contribution in [3.05, 3.63) is 75.8 Å². The summed E-state index contributed by atoms with van der Waals surface area (Å²) in [7, 11) is -3.02. The van der Waals surface area contributed by atoms with Gasteiger partial charge >= 0.3 is 0 Å². The molecule has 0 aliphatic carbocycles. The Bertz CT molecular complexity index is 1290. The molecule has 0 aromatic heterocycles. The zero-order chi connectivity index (χ0) is 34.1. The van der Waals surface area contributed by atoms with Crippen LogP contribution < -0.4 is 5.19 Å². The Morgan fingerprint density at radius 3 is 0.978 bits per heavy atom. The van der Waals surface area contributed by atoms with Crippen molar-refractivity contribution >= 4 is 28.9 Å². The molecule has 0 atom stereocenters. The quantitative estimate of drug-likeness (QED) is 0.170. The van der Waals surface area contributed by atoms with E-state index < -0.39 is 23.7 Å². The molecule has 0 heterocycles. The summed E-state index contributed by atoms with van der Waals surface area (Å²) in [4.78, 5) is 0. The first-order chi connectivity index (χ1) is 20.9. The zero-order valence-corrected chi connectivity index (χ0v) is 35.2. The Morgan fingerprint density at radius 1 is 0.489 bits per heavy atom. The Labute approximate surface area is 283 Å². The van der Waals surface area contributed by atoms with Crippen LogP contribution in [0.2, 0.25) is 32.2 Å². The number of hydrogen-bond acceptors (Lipinski definition) is 0. The third-order valence-electron chi connectivity index (χ3n) is 10.5. The molecule has 45 heavy (non-hydrogen) atoms. The van der Waals surface area contributed by atoms with Gasteiger partial charge in [-0.2, -0.15) is 0 Å². The minimum atomic E-state index is -1.85. The van der Waals surface area contributed by atoms with E-state index >= 15 is 0 Å². The van der Waals surface area contributed by atoms with E-state index in [2.05, 4.69) is 159 Å². The second-order valence-corrected chi connectivity index (χ2v) is 35.7. The molecule has 3 heteroatoms. The minimum Gasteiger partial charge on any atom is -0.0732 e. The topological polar surface area (TPSA) is 0 Å². The summed E-state index contributed by atoms with van der Waals surface area (Å²) in [6.07, 6.45) is 0. The molecule has 0 aliphatic heterocycles. The van der Waals surface area contributed by atoms with Crippen LogP contribution in [0.3, 0.4) is 0 Å². The van der Waals surface area contributed by atoms with Gasteiger partial charge in [0.25, 0.3) is 0 Å². The maximum absolute atomic E-state index is 2.67. The van der Waals surface area contributed by atoms with Crippen molar-refractivity contribution in [2.24, 2.45) is 0 Å². The second kappa shape index (κ2) is 15.0. The van der Waals surface area contributed by atoms with Gasteiger partial charge in [0.05, 0.1) is 7.11 Å². The van der Waals surface area contributed by atoms with E-state index in [-0.39, 0.29) is 0 Å². The van der Waals surface area contributed by atoms with E-state index in [9.17, 15) is 0 Å². The lowest BCUT2D eigenvalue weighted by atomic mass is 9.79. The predicted molar refractivity (Wildman–Crippen MR) is 213 cm³/mol. The normalized spacial score (nSPS) is 12.9. The molecule has 0 saturated carbocycles. The van der Waals surface area contributed by atoms with Crippen molar-refractivity contribution < 1.29 is 0 Å². The van der Waals surface area contributed by atoms with Crippen LogP contribution in [0.25, 0.3) is 22.3 Å². The van der Waals surface area contributed by atoms with Gasteiger partial charge in [-0.1, -0.05) is 165 Å². The molecule has 0 bridgehead atoms. The van der Waals surface area contributed by atoms with Crippen molar-refractivity contribution in [2.75, 3.05) is 0 Å². The van der Waals surface area contributed by atoms with Crippen molar-refractivity contribution in [3.8, 4) is 22.3 Å². The highest BCUT2D eigenvalue weighted by molar-refractivity contribution is 7.64. The van der Waals surface area contributed by atoms with Gasteiger partial charge < -0.3 is 0 Å². The summed E-state index contributed by atoms with van der Waals surface area (Å²) in [6.45, 7) is 42.0. The molecule has 0 N–H and O–H groups in total. The van der Waals surface area contributed by atoms with Crippen molar-refractivity contribution in [2.45, 2.75) is 158 Å². The van der Waals surface area contributed by atoms with Gasteiger partial charge in [0.15, 0.2) is 0 Å². The van der Waals surface area contributed by atoms with Crippen LogP contribution in [0.4, 0.5) is 0 Å². The van der Waals surface area contributed by atoms with Crippen LogP contribution >= 0.6 is 0 Å². The summed E-state index contributed by atoms with van der Waals surface area (Å²) < 4.78 is 0. The Hall–Kier alpha value is -1.69. The first-order valence-electron chi connectivity index (χ1n) is 18.0. The number of benzene rings is 3. The zero-order valence-electron chi connectivity index (χ0n) is 32.2. The van der Waals surface area contributed by atoms with E-state index in [1.54, 1.807) is 44.5 Å². The molecule has 3 aromatic rings. The summed E-state index contributed by atoms with van der Waals surface area (Å²) in [5.74, 6) is 2.91. The van der Waals surface area contributed by atoms with Gasteiger partial charge in [-0.05, 0) is 96.3 Å². The molecule has 0 spiro atoms. The lowest BCUT2D eigenvalue weighted by Gasteiger charge is -2.42. The maximum Gasteiger partial charge on any atom is 0.0700 e. The average Bonchev–Trinajstić information content (AvgIpc) is 2.95. The molecule has 0 nitrogen and oxygen atoms in total. The molecular weight excluding hydrogens is 589 g/mol. The third-order valence-corrected chi connectivity index (χ3v) is 39.3. The van der Waals surface area contributed by atoms with Crippen LogP contribution in [0.15, 0.2) is 42.5 Å². The maximum atomic E-state index is 2.67. The van der Waals surface area contributed by atoms with Gasteiger partial charge in [0.1, 0.15) is 0 Å². The third kappa shape index (κ3) is 7.26. The average molecular weight is 655 g/mol. The fourth-order valence-corrected chi connectivity index (χ4v) is 33.8.